The van der Waals surface area contributed by atoms with E-state index >= 15 is 0 Å². The topological polar surface area (TPSA) is 24.4 Å². The Hall–Kier alpha value is -1.05. The molecule has 0 heterocycles. The Morgan fingerprint density at radius 1 is 0.531 bits per heavy atom. The molecule has 0 aliphatic carbocycles. The van der Waals surface area contributed by atoms with E-state index in [0.29, 0.717) is 15.5 Å². The van der Waals surface area contributed by atoms with Gasteiger partial charge in [-0.2, -0.15) is 0 Å². The molecule has 276 valence electrons. The van der Waals surface area contributed by atoms with Crippen molar-refractivity contribution in [1.29, 1.82) is 0 Å². The summed E-state index contributed by atoms with van der Waals surface area (Å²) >= 11 is 0. The molecule has 0 aliphatic rings. The van der Waals surface area contributed by atoms with Crippen molar-refractivity contribution in [3.63, 3.8) is 0 Å². The largest absolute Gasteiger partial charge is 0.359 e. The number of nitrogens with zero attached hydrogens (tertiary/aromatic N) is 1. The zero-order chi connectivity index (χ0) is 38.5. The number of allylic oxidation sites excluding steroid dienone is 2. The van der Waals surface area contributed by atoms with E-state index in [2.05, 4.69) is 188 Å². The number of hydrogen-bond donors (Lipinski definition) is 1. The van der Waals surface area contributed by atoms with Crippen molar-refractivity contribution in [2.45, 2.75) is 168 Å². The van der Waals surface area contributed by atoms with Crippen molar-refractivity contribution in [3.8, 4) is 0 Å². The highest BCUT2D eigenvalue weighted by molar-refractivity contribution is 6.98. The third-order valence-electron chi connectivity index (χ3n) is 10.0. The van der Waals surface area contributed by atoms with Gasteiger partial charge in [0.05, 0.1) is 5.69 Å². The number of rotatable bonds is 13. The van der Waals surface area contributed by atoms with Crippen LogP contribution in [0.4, 0.5) is 11.4 Å². The summed E-state index contributed by atoms with van der Waals surface area (Å²) in [7, 11) is -9.53. The van der Waals surface area contributed by atoms with Crippen LogP contribution in [0.2, 0.25) is 118 Å². The van der Waals surface area contributed by atoms with Crippen molar-refractivity contribution in [3.05, 3.63) is 69.4 Å². The minimum atomic E-state index is -1.62. The van der Waals surface area contributed by atoms with E-state index in [1.807, 2.05) is 0 Å². The van der Waals surface area contributed by atoms with Gasteiger partial charge < -0.3 is 5.32 Å². The summed E-state index contributed by atoms with van der Waals surface area (Å²) in [5.41, 5.74) is 13.6. The van der Waals surface area contributed by atoms with Crippen LogP contribution in [0.1, 0.15) is 62.7 Å². The minimum Gasteiger partial charge on any atom is -0.359 e. The maximum Gasteiger partial charge on any atom is 0.0691 e. The van der Waals surface area contributed by atoms with Crippen LogP contribution in [0.25, 0.3) is 0 Å². The van der Waals surface area contributed by atoms with Gasteiger partial charge in [-0.05, 0) is 84.0 Å². The Morgan fingerprint density at radius 3 is 1.16 bits per heavy atom. The molecule has 0 saturated carbocycles. The molecule has 0 aromatic heterocycles. The van der Waals surface area contributed by atoms with Gasteiger partial charge >= 0.3 is 0 Å². The molecule has 0 spiro atoms. The Labute approximate surface area is 311 Å². The lowest BCUT2D eigenvalue weighted by atomic mass is 10.0. The summed E-state index contributed by atoms with van der Waals surface area (Å²) in [5, 5.41) is 6.23. The molecule has 1 N–H and O–H groups in total. The first-order valence-electron chi connectivity index (χ1n) is 18.9. The van der Waals surface area contributed by atoms with Gasteiger partial charge in [0.25, 0.3) is 0 Å². The van der Waals surface area contributed by atoms with Crippen molar-refractivity contribution in [2.24, 2.45) is 4.99 Å². The normalized spacial score (nSPS) is 14.8. The predicted molar refractivity (Wildman–Crippen MR) is 246 cm³/mol. The standard InChI is InChI=1S/C41H78N2Si6/c1-29-24-30(2)37(31(3)25-29)42-32(4)26-33(5)43-38-35(40(46(12,13)14)47(15,16)17)27-34(39(44(6,7)8)45(9,10)11)28-36(38)41(48(18,19)20)49(21,22)23/h24-28,39-41,43H,1-23H3/b33-26+,42-32?. The average molecular weight is 768 g/mol. The summed E-state index contributed by atoms with van der Waals surface area (Å²) in [6.45, 7) is 58.5. The first-order chi connectivity index (χ1) is 21.7. The monoisotopic (exact) mass is 766 g/mol. The lowest BCUT2D eigenvalue weighted by molar-refractivity contribution is 1.08. The molecule has 0 fully saturated rings. The Balaban J connectivity index is 3.19. The SMILES string of the molecule is CC(/C=C(\C)Nc1c(C([Si](C)(C)C)[Si](C)(C)C)cc(C([Si](C)(C)C)[Si](C)(C)C)cc1C([Si](C)(C)C)[Si](C)(C)C)=Nc1c(C)cc(C)cc1C. The van der Waals surface area contributed by atoms with Crippen LogP contribution in [0.3, 0.4) is 0 Å². The quantitative estimate of drug-likeness (QED) is 0.159. The van der Waals surface area contributed by atoms with Crippen LogP contribution < -0.4 is 5.32 Å². The Morgan fingerprint density at radius 2 is 0.857 bits per heavy atom. The molecule has 0 unspecified atom stereocenters. The van der Waals surface area contributed by atoms with Gasteiger partial charge in [-0.3, -0.25) is 4.99 Å². The van der Waals surface area contributed by atoms with Crippen LogP contribution in [0.15, 0.2) is 41.0 Å². The second-order valence-electron chi connectivity index (χ2n) is 22.0. The maximum atomic E-state index is 5.18. The number of anilines is 1. The lowest BCUT2D eigenvalue weighted by Crippen LogP contribution is -2.49. The molecule has 0 bridgehead atoms. The van der Waals surface area contributed by atoms with Crippen LogP contribution in [0, 0.1) is 20.8 Å². The van der Waals surface area contributed by atoms with Crippen LogP contribution in [0.5, 0.6) is 0 Å². The van der Waals surface area contributed by atoms with Crippen LogP contribution >= 0.6 is 0 Å². The molecule has 0 atom stereocenters. The van der Waals surface area contributed by atoms with Crippen LogP contribution in [-0.4, -0.2) is 54.2 Å². The predicted octanol–water partition coefficient (Wildman–Crippen LogP) is 14.2. The molecular weight excluding hydrogens is 689 g/mol. The number of nitrogens with one attached hydrogen (secondary N) is 1. The van der Waals surface area contributed by atoms with Gasteiger partial charge in [0.1, 0.15) is 0 Å². The third-order valence-corrected chi connectivity index (χ3v) is 37.9. The number of benzene rings is 2. The summed E-state index contributed by atoms with van der Waals surface area (Å²) in [6, 6.07) is 10.1. The second kappa shape index (κ2) is 15.1. The second-order valence-corrected chi connectivity index (χ2v) is 55.6. The summed E-state index contributed by atoms with van der Waals surface area (Å²) in [6.07, 6.45) is 2.29. The highest BCUT2D eigenvalue weighted by Gasteiger charge is 2.46. The number of aryl methyl sites for hydroxylation is 3. The Bertz CT molecular complexity index is 1430. The van der Waals surface area contributed by atoms with Crippen molar-refractivity contribution in [2.75, 3.05) is 5.32 Å². The fourth-order valence-corrected chi connectivity index (χ4v) is 48.5. The van der Waals surface area contributed by atoms with Gasteiger partial charge in [0, 0.05) is 65.5 Å². The van der Waals surface area contributed by atoms with Gasteiger partial charge in [0.15, 0.2) is 0 Å². The van der Waals surface area contributed by atoms with E-state index in [4.69, 9.17) is 4.99 Å². The van der Waals surface area contributed by atoms with Crippen molar-refractivity contribution < 1.29 is 0 Å². The number of hydrogen-bond acceptors (Lipinski definition) is 2. The summed E-state index contributed by atoms with van der Waals surface area (Å²) < 4.78 is 0. The van der Waals surface area contributed by atoms with E-state index in [0.717, 1.165) is 11.4 Å². The third kappa shape index (κ3) is 11.5. The van der Waals surface area contributed by atoms with E-state index < -0.39 is 48.4 Å². The molecule has 2 nitrogen and oxygen atoms in total. The Kier molecular flexibility index (Phi) is 13.6. The molecule has 8 heteroatoms. The molecule has 0 amide bonds. The smallest absolute Gasteiger partial charge is 0.0691 e. The fourth-order valence-electron chi connectivity index (χ4n) is 10.3. The zero-order valence-corrected chi connectivity index (χ0v) is 42.6. The van der Waals surface area contributed by atoms with Crippen molar-refractivity contribution in [1.82, 2.24) is 0 Å². The van der Waals surface area contributed by atoms with Gasteiger partial charge in [0.2, 0.25) is 0 Å². The maximum absolute atomic E-state index is 5.18. The molecule has 49 heavy (non-hydrogen) atoms. The van der Waals surface area contributed by atoms with E-state index in [9.17, 15) is 0 Å². The van der Waals surface area contributed by atoms with Crippen molar-refractivity contribution >= 4 is 65.5 Å². The first-order valence-corrected chi connectivity index (χ1v) is 40.4. The summed E-state index contributed by atoms with van der Waals surface area (Å²) in [5.74, 6) is 0. The average Bonchev–Trinajstić information content (AvgIpc) is 2.77. The highest BCUT2D eigenvalue weighted by Crippen LogP contribution is 2.49. The molecule has 2 rings (SSSR count). The van der Waals surface area contributed by atoms with Gasteiger partial charge in [-0.1, -0.05) is 148 Å². The lowest BCUT2D eigenvalue weighted by Gasteiger charge is -2.46. The minimum absolute atomic E-state index is 0.648. The van der Waals surface area contributed by atoms with E-state index in [-0.39, 0.29) is 0 Å². The first kappa shape index (κ1) is 44.1. The molecule has 2 aromatic carbocycles. The summed E-state index contributed by atoms with van der Waals surface area (Å²) in [4.78, 5) is 5.18. The number of aliphatic imine (C=N–C) groups is 1. The molecule has 0 aliphatic heterocycles. The van der Waals surface area contributed by atoms with Gasteiger partial charge in [-0.25, -0.2) is 0 Å². The van der Waals surface area contributed by atoms with Gasteiger partial charge in [-0.15, -0.1) is 0 Å². The van der Waals surface area contributed by atoms with Crippen LogP contribution in [-0.2, 0) is 0 Å². The highest BCUT2D eigenvalue weighted by atomic mass is 28.4. The zero-order valence-electron chi connectivity index (χ0n) is 36.6. The molecule has 0 saturated heterocycles. The molecule has 0 radical (unpaired) electrons. The van der Waals surface area contributed by atoms with E-state index in [1.165, 1.54) is 28.1 Å². The molecular formula is C41H78N2Si6. The molecule has 2 aromatic rings. The fraction of sp³-hybridized carbons (Fsp3) is 0.634. The van der Waals surface area contributed by atoms with E-state index in [1.54, 1.807) is 16.7 Å².